The lowest BCUT2D eigenvalue weighted by molar-refractivity contribution is -0.140. The van der Waals surface area contributed by atoms with Crippen molar-refractivity contribution in [3.63, 3.8) is 0 Å². The van der Waals surface area contributed by atoms with Gasteiger partial charge in [0.2, 0.25) is 17.7 Å². The van der Waals surface area contributed by atoms with Crippen molar-refractivity contribution >= 4 is 23.8 Å². The highest BCUT2D eigenvalue weighted by Gasteiger charge is 2.60. The Balaban J connectivity index is 0.979. The molecule has 3 heterocycles. The number of ether oxygens (including phenoxy) is 1. The molecule has 326 valence electrons. The van der Waals surface area contributed by atoms with Crippen LogP contribution in [0, 0.1) is 46.3 Å². The first-order valence-electron chi connectivity index (χ1n) is 22.5. The molecule has 12 atom stereocenters. The Labute approximate surface area is 350 Å². The number of aliphatic hydroxyl groups excluding tert-OH is 1. The highest BCUT2D eigenvalue weighted by atomic mass is 16.6. The topological polar surface area (TPSA) is 194 Å². The Morgan fingerprint density at radius 1 is 1.02 bits per heavy atom. The van der Waals surface area contributed by atoms with Crippen LogP contribution in [0.4, 0.5) is 4.79 Å². The molecule has 7 rings (SSSR count). The van der Waals surface area contributed by atoms with Gasteiger partial charge in [0.25, 0.3) is 0 Å². The summed E-state index contributed by atoms with van der Waals surface area (Å²) in [6.07, 6.45) is 18.4. The average molecular weight is 819 g/mol. The van der Waals surface area contributed by atoms with Gasteiger partial charge in [-0.1, -0.05) is 20.8 Å². The molecule has 0 radical (unpaired) electrons. The van der Waals surface area contributed by atoms with E-state index in [1.165, 1.54) is 49.8 Å². The number of carbonyl (C=O) groups excluding carboxylic acids is 4. The van der Waals surface area contributed by atoms with Gasteiger partial charge < -0.3 is 40.7 Å². The molecule has 59 heavy (non-hydrogen) atoms. The van der Waals surface area contributed by atoms with Crippen LogP contribution >= 0.6 is 0 Å². The SMILES string of the molecule is C[C@H](CCC(=O)N[C@H]1C[C@@H](C(=O)NCCc2cnc[nH]2)N(C(=O)C(Cc2c[nH]cn2)NC(=O)OC(C)(C)C)C1)[C@H]1CCC2C3CCC4C[C@H](O)CC[C@]4(C)C3CC[C@@]21C. The fraction of sp³-hybridized carbons (Fsp3) is 0.778. The van der Waals surface area contributed by atoms with E-state index in [1.54, 1.807) is 39.5 Å². The highest BCUT2D eigenvalue weighted by molar-refractivity contribution is 5.92. The summed E-state index contributed by atoms with van der Waals surface area (Å²) in [5, 5.41) is 19.4. The smallest absolute Gasteiger partial charge is 0.408 e. The molecule has 0 aromatic carbocycles. The van der Waals surface area contributed by atoms with E-state index >= 15 is 0 Å². The quantitative estimate of drug-likeness (QED) is 0.154. The van der Waals surface area contributed by atoms with Crippen molar-refractivity contribution in [3.8, 4) is 0 Å². The Morgan fingerprint density at radius 2 is 1.80 bits per heavy atom. The number of imidazole rings is 2. The number of carbonyl (C=O) groups is 4. The number of rotatable bonds is 13. The molecule has 5 aliphatic rings. The predicted octanol–water partition coefficient (Wildman–Crippen LogP) is 5.45. The molecule has 5 unspecified atom stereocenters. The minimum Gasteiger partial charge on any atom is -0.444 e. The van der Waals surface area contributed by atoms with Crippen molar-refractivity contribution in [1.29, 1.82) is 0 Å². The van der Waals surface area contributed by atoms with Crippen molar-refractivity contribution in [3.05, 3.63) is 36.4 Å². The number of nitrogens with zero attached hydrogens (tertiary/aromatic N) is 3. The van der Waals surface area contributed by atoms with Crippen LogP contribution in [0.1, 0.15) is 130 Å². The number of aliphatic hydroxyl groups is 1. The molecular formula is C45H70N8O6. The lowest BCUT2D eigenvalue weighted by Gasteiger charge is -2.61. The van der Waals surface area contributed by atoms with E-state index in [0.29, 0.717) is 53.7 Å². The van der Waals surface area contributed by atoms with Crippen molar-refractivity contribution in [2.24, 2.45) is 46.3 Å². The number of H-pyrrole nitrogens is 2. The maximum absolute atomic E-state index is 14.4. The van der Waals surface area contributed by atoms with Crippen LogP contribution in [-0.4, -0.2) is 96.7 Å². The molecule has 2 aromatic heterocycles. The number of hydrogen-bond donors (Lipinski definition) is 6. The fourth-order valence-electron chi connectivity index (χ4n) is 12.8. The molecule has 6 N–H and O–H groups in total. The van der Waals surface area contributed by atoms with Crippen LogP contribution in [0.2, 0.25) is 0 Å². The number of amides is 4. The third-order valence-electron chi connectivity index (χ3n) is 15.7. The summed E-state index contributed by atoms with van der Waals surface area (Å²) in [5.74, 6) is 3.08. The Kier molecular flexibility index (Phi) is 12.9. The van der Waals surface area contributed by atoms with Gasteiger partial charge in [-0.15, -0.1) is 0 Å². The zero-order valence-corrected chi connectivity index (χ0v) is 36.2. The summed E-state index contributed by atoms with van der Waals surface area (Å²) in [4.78, 5) is 70.6. The number of hydrogen-bond acceptors (Lipinski definition) is 8. The zero-order chi connectivity index (χ0) is 42.1. The molecule has 1 saturated heterocycles. The molecular weight excluding hydrogens is 749 g/mol. The first-order valence-corrected chi connectivity index (χ1v) is 22.5. The lowest BCUT2D eigenvalue weighted by Crippen LogP contribution is -2.55. The highest BCUT2D eigenvalue weighted by Crippen LogP contribution is 2.68. The number of fused-ring (bicyclic) bond motifs is 5. The van der Waals surface area contributed by atoms with Gasteiger partial charge in [0.15, 0.2) is 0 Å². The Morgan fingerprint density at radius 3 is 2.53 bits per heavy atom. The maximum atomic E-state index is 14.4. The van der Waals surface area contributed by atoms with Crippen LogP contribution in [0.5, 0.6) is 0 Å². The van der Waals surface area contributed by atoms with Crippen LogP contribution in [0.15, 0.2) is 25.0 Å². The average Bonchev–Trinajstić information content (AvgIpc) is 4.01. The first-order chi connectivity index (χ1) is 28.0. The van der Waals surface area contributed by atoms with E-state index in [9.17, 15) is 24.3 Å². The predicted molar refractivity (Wildman–Crippen MR) is 222 cm³/mol. The fourth-order valence-corrected chi connectivity index (χ4v) is 12.8. The normalized spacial score (nSPS) is 33.8. The summed E-state index contributed by atoms with van der Waals surface area (Å²) in [7, 11) is 0. The van der Waals surface area contributed by atoms with Gasteiger partial charge in [0, 0.05) is 56.5 Å². The van der Waals surface area contributed by atoms with Crippen LogP contribution in [0.25, 0.3) is 0 Å². The van der Waals surface area contributed by atoms with E-state index in [1.807, 2.05) is 0 Å². The summed E-state index contributed by atoms with van der Waals surface area (Å²) in [6.45, 7) is 13.2. The van der Waals surface area contributed by atoms with Crippen LogP contribution in [-0.2, 0) is 32.0 Å². The van der Waals surface area contributed by atoms with Crippen LogP contribution < -0.4 is 16.0 Å². The first kappa shape index (κ1) is 43.2. The summed E-state index contributed by atoms with van der Waals surface area (Å²) in [6, 6.07) is -2.33. The number of alkyl carbamates (subject to hydrolysis) is 1. The monoisotopic (exact) mass is 819 g/mol. The Hall–Kier alpha value is -3.94. The van der Waals surface area contributed by atoms with E-state index in [0.717, 1.165) is 49.1 Å². The van der Waals surface area contributed by atoms with Crippen molar-refractivity contribution in [2.45, 2.75) is 161 Å². The van der Waals surface area contributed by atoms with Gasteiger partial charge in [-0.05, 0) is 138 Å². The van der Waals surface area contributed by atoms with E-state index < -0.39 is 35.7 Å². The summed E-state index contributed by atoms with van der Waals surface area (Å²) >= 11 is 0. The molecule has 0 bridgehead atoms. The minimum atomic E-state index is -1.05. The largest absolute Gasteiger partial charge is 0.444 e. The van der Waals surface area contributed by atoms with Crippen molar-refractivity contribution in [2.75, 3.05) is 13.1 Å². The number of aromatic nitrogens is 4. The summed E-state index contributed by atoms with van der Waals surface area (Å²) < 4.78 is 5.50. The second-order valence-electron chi connectivity index (χ2n) is 20.4. The molecule has 14 heteroatoms. The van der Waals surface area contributed by atoms with Crippen LogP contribution in [0.3, 0.4) is 0 Å². The van der Waals surface area contributed by atoms with Gasteiger partial charge in [-0.25, -0.2) is 14.8 Å². The lowest BCUT2D eigenvalue weighted by atomic mass is 9.44. The molecule has 1 aliphatic heterocycles. The van der Waals surface area contributed by atoms with E-state index in [2.05, 4.69) is 56.7 Å². The standard InChI is InChI=1S/C45H70N8O6/c1-27(34-10-11-35-33-9-8-28-19-32(54)13-16-44(28,5)36(33)14-17-45(34,35)6)7-12-39(55)51-31-21-38(40(56)48-18-15-29-22-46-25-49-29)53(24-31)41(57)37(20-30-23-47-26-50-30)52-42(58)59-43(2,3)4/h22-23,25-28,31-38,54H,7-21,24H2,1-6H3,(H,46,49)(H,47,50)(H,48,56)(H,51,55)(H,52,58)/t27-,28?,31+,32-,33?,34-,35?,36?,37?,38+,44+,45-/m1/s1. The minimum absolute atomic E-state index is 0.0661. The second-order valence-corrected chi connectivity index (χ2v) is 20.4. The van der Waals surface area contributed by atoms with E-state index in [-0.39, 0.29) is 37.3 Å². The zero-order valence-electron chi connectivity index (χ0n) is 36.2. The Bertz CT molecular complexity index is 1760. The number of aromatic amines is 2. The van der Waals surface area contributed by atoms with Gasteiger partial charge in [0.1, 0.15) is 17.7 Å². The van der Waals surface area contributed by atoms with E-state index in [4.69, 9.17) is 4.74 Å². The molecule has 4 saturated carbocycles. The molecule has 4 amide bonds. The third kappa shape index (κ3) is 9.52. The van der Waals surface area contributed by atoms with Gasteiger partial charge in [-0.2, -0.15) is 0 Å². The number of nitrogens with one attached hydrogen (secondary N) is 5. The summed E-state index contributed by atoms with van der Waals surface area (Å²) in [5.41, 5.74) is 1.32. The third-order valence-corrected chi connectivity index (χ3v) is 15.7. The second kappa shape index (κ2) is 17.6. The molecule has 0 spiro atoms. The van der Waals surface area contributed by atoms with Crippen molar-refractivity contribution < 1.29 is 29.0 Å². The van der Waals surface area contributed by atoms with Crippen molar-refractivity contribution in [1.82, 2.24) is 40.8 Å². The molecule has 5 fully saturated rings. The maximum Gasteiger partial charge on any atom is 0.408 e. The van der Waals surface area contributed by atoms with Gasteiger partial charge in [0.05, 0.1) is 24.5 Å². The number of likely N-dealkylation sites (tertiary alicyclic amines) is 1. The van der Waals surface area contributed by atoms with Gasteiger partial charge in [-0.3, -0.25) is 14.4 Å². The molecule has 14 nitrogen and oxygen atoms in total. The molecule has 4 aliphatic carbocycles. The molecule has 2 aromatic rings. The van der Waals surface area contributed by atoms with Gasteiger partial charge >= 0.3 is 6.09 Å².